The minimum absolute atomic E-state index is 0. The fraction of sp³-hybridized carbons (Fsp3) is 0. The molecule has 0 aromatic heterocycles. The number of carbonyl (C=O) groups is 2. The molecule has 0 atom stereocenters. The van der Waals surface area contributed by atoms with E-state index in [1.54, 1.807) is 30.3 Å². The monoisotopic (exact) mass is 255 g/mol. The van der Waals surface area contributed by atoms with Crippen molar-refractivity contribution >= 4 is 74.1 Å². The summed E-state index contributed by atoms with van der Waals surface area (Å²) in [5.41, 5.74) is -0.350. The summed E-state index contributed by atoms with van der Waals surface area (Å²) in [6, 6.07) is 9.72. The molecule has 2 aromatic carbocycles. The summed E-state index contributed by atoms with van der Waals surface area (Å²) in [6.45, 7) is 0. The van der Waals surface area contributed by atoms with Gasteiger partial charge in [-0.15, -0.1) is 0 Å². The van der Waals surface area contributed by atoms with Gasteiger partial charge in [-0.3, -0.25) is 0 Å². The molecule has 0 fully saturated rings. The number of fused-ring (bicyclic) bond motifs is 1. The van der Waals surface area contributed by atoms with Crippen molar-refractivity contribution in [3.8, 4) is 0 Å². The number of hydrogen-bond donors (Lipinski definition) is 2. The Labute approximate surface area is 140 Å². The number of carboxylic acids is 2. The van der Waals surface area contributed by atoms with E-state index in [1.165, 1.54) is 6.07 Å². The molecule has 0 amide bonds. The Morgan fingerprint density at radius 2 is 1.53 bits per heavy atom. The second-order valence-corrected chi connectivity index (χ2v) is 3.32. The van der Waals surface area contributed by atoms with E-state index in [-0.39, 0.29) is 62.5 Å². The molecule has 0 heterocycles. The van der Waals surface area contributed by atoms with E-state index in [4.69, 9.17) is 10.2 Å². The van der Waals surface area contributed by atoms with Crippen LogP contribution in [0.4, 0.5) is 0 Å². The maximum atomic E-state index is 11.1. The van der Waals surface area contributed by atoms with Gasteiger partial charge in [0.25, 0.3) is 0 Å². The van der Waals surface area contributed by atoms with Gasteiger partial charge in [-0.2, -0.15) is 0 Å². The van der Waals surface area contributed by atoms with Crippen molar-refractivity contribution in [2.24, 2.45) is 0 Å². The van der Waals surface area contributed by atoms with Crippen LogP contribution in [0.1, 0.15) is 20.7 Å². The van der Waals surface area contributed by atoms with Crippen LogP contribution in [-0.2, 0) is 0 Å². The Morgan fingerprint density at radius 3 is 2.12 bits per heavy atom. The molecule has 0 unspecified atom stereocenters. The zero-order chi connectivity index (χ0) is 11.7. The summed E-state index contributed by atoms with van der Waals surface area (Å²) in [5.74, 6) is -2.46. The molecular weight excluding hydrogens is 247 g/mol. The summed E-state index contributed by atoms with van der Waals surface area (Å²) in [6.07, 6.45) is 0. The molecule has 0 aliphatic rings. The third-order valence-corrected chi connectivity index (χ3v) is 2.37. The van der Waals surface area contributed by atoms with Gasteiger partial charge in [0, 0.05) is 51.4 Å². The molecule has 4 nitrogen and oxygen atoms in total. The molecule has 0 saturated heterocycles. The largest absolute Gasteiger partial charge is 0.478 e. The number of aromatic carboxylic acids is 2. The predicted octanol–water partition coefficient (Wildman–Crippen LogP) is 1.86. The summed E-state index contributed by atoms with van der Waals surface area (Å²) in [4.78, 5) is 22.0. The molecule has 2 rings (SSSR count). The first-order valence-electron chi connectivity index (χ1n) is 4.59. The quantitative estimate of drug-likeness (QED) is 0.803. The Morgan fingerprint density at radius 1 is 0.882 bits per heavy atom. The van der Waals surface area contributed by atoms with Crippen molar-refractivity contribution in [1.82, 2.24) is 0 Å². The topological polar surface area (TPSA) is 74.6 Å². The Bertz CT molecular complexity index is 592. The number of benzene rings is 2. The van der Waals surface area contributed by atoms with Crippen LogP contribution in [0.25, 0.3) is 10.8 Å². The third kappa shape index (κ3) is 2.75. The zero-order valence-electron chi connectivity index (χ0n) is 9.18. The molecular formula is C12H8KO4. The molecule has 0 aliphatic heterocycles. The first kappa shape index (κ1) is 14.3. The SMILES string of the molecule is O=C(O)c1ccc2ccccc2c1C(=O)O.[K]. The Kier molecular flexibility index (Phi) is 4.85. The third-order valence-electron chi connectivity index (χ3n) is 2.37. The van der Waals surface area contributed by atoms with Crippen LogP contribution in [0.15, 0.2) is 36.4 Å². The molecule has 2 aromatic rings. The Hall–Kier alpha value is -0.724. The van der Waals surface area contributed by atoms with Crippen molar-refractivity contribution in [2.75, 3.05) is 0 Å². The van der Waals surface area contributed by atoms with Crippen LogP contribution in [0.2, 0.25) is 0 Å². The predicted molar refractivity (Wildman–Crippen MR) is 63.6 cm³/mol. The van der Waals surface area contributed by atoms with Crippen molar-refractivity contribution in [2.45, 2.75) is 0 Å². The fourth-order valence-corrected chi connectivity index (χ4v) is 1.68. The zero-order valence-corrected chi connectivity index (χ0v) is 12.3. The van der Waals surface area contributed by atoms with E-state index in [2.05, 4.69) is 0 Å². The van der Waals surface area contributed by atoms with E-state index < -0.39 is 11.9 Å². The molecule has 5 heteroatoms. The first-order valence-corrected chi connectivity index (χ1v) is 4.59. The molecule has 17 heavy (non-hydrogen) atoms. The van der Waals surface area contributed by atoms with E-state index in [9.17, 15) is 9.59 Å². The molecule has 0 aliphatic carbocycles. The molecule has 2 N–H and O–H groups in total. The fourth-order valence-electron chi connectivity index (χ4n) is 1.68. The van der Waals surface area contributed by atoms with E-state index in [0.717, 1.165) is 0 Å². The van der Waals surface area contributed by atoms with Gasteiger partial charge in [0.2, 0.25) is 0 Å². The van der Waals surface area contributed by atoms with Gasteiger partial charge in [-0.05, 0) is 16.8 Å². The van der Waals surface area contributed by atoms with Gasteiger partial charge in [0.05, 0.1) is 11.1 Å². The molecule has 1 radical (unpaired) electrons. The maximum Gasteiger partial charge on any atom is 0.337 e. The summed E-state index contributed by atoms with van der Waals surface area (Å²) < 4.78 is 0. The van der Waals surface area contributed by atoms with Gasteiger partial charge in [-0.25, -0.2) is 9.59 Å². The van der Waals surface area contributed by atoms with Gasteiger partial charge in [0.15, 0.2) is 0 Å². The van der Waals surface area contributed by atoms with E-state index in [1.807, 2.05) is 0 Å². The summed E-state index contributed by atoms with van der Waals surface area (Å²) in [5, 5.41) is 19.1. The molecule has 0 saturated carbocycles. The van der Waals surface area contributed by atoms with Crippen molar-refractivity contribution in [1.29, 1.82) is 0 Å². The first-order chi connectivity index (χ1) is 7.61. The van der Waals surface area contributed by atoms with Crippen LogP contribution in [-0.4, -0.2) is 73.5 Å². The molecule has 0 spiro atoms. The van der Waals surface area contributed by atoms with E-state index >= 15 is 0 Å². The van der Waals surface area contributed by atoms with Gasteiger partial charge < -0.3 is 10.2 Å². The van der Waals surface area contributed by atoms with Gasteiger partial charge in [-0.1, -0.05) is 30.3 Å². The number of carboxylic acid groups (broad SMARTS) is 2. The van der Waals surface area contributed by atoms with Crippen molar-refractivity contribution in [3.05, 3.63) is 47.5 Å². The van der Waals surface area contributed by atoms with Crippen molar-refractivity contribution in [3.63, 3.8) is 0 Å². The number of rotatable bonds is 2. The number of hydrogen-bond acceptors (Lipinski definition) is 2. The van der Waals surface area contributed by atoms with Crippen molar-refractivity contribution < 1.29 is 19.8 Å². The molecule has 0 bridgehead atoms. The van der Waals surface area contributed by atoms with Crippen LogP contribution in [0.3, 0.4) is 0 Å². The normalized spacial score (nSPS) is 9.65. The smallest absolute Gasteiger partial charge is 0.337 e. The van der Waals surface area contributed by atoms with Crippen LogP contribution in [0, 0.1) is 0 Å². The maximum absolute atomic E-state index is 11.1. The Balaban J connectivity index is 0.00000144. The minimum Gasteiger partial charge on any atom is -0.478 e. The van der Waals surface area contributed by atoms with E-state index in [0.29, 0.717) is 10.8 Å². The van der Waals surface area contributed by atoms with Gasteiger partial charge >= 0.3 is 11.9 Å². The average Bonchev–Trinajstić information content (AvgIpc) is 2.27. The summed E-state index contributed by atoms with van der Waals surface area (Å²) in [7, 11) is 0. The van der Waals surface area contributed by atoms with Crippen LogP contribution < -0.4 is 0 Å². The molecule has 81 valence electrons. The second kappa shape index (κ2) is 5.75. The minimum atomic E-state index is -1.23. The standard InChI is InChI=1S/C12H8O4.K/c13-11(14)9-6-5-7-3-1-2-4-8(7)10(9)12(15)16;/h1-6H,(H,13,14)(H,15,16);. The van der Waals surface area contributed by atoms with Crippen LogP contribution >= 0.6 is 0 Å². The average molecular weight is 255 g/mol. The summed E-state index contributed by atoms with van der Waals surface area (Å²) >= 11 is 0. The van der Waals surface area contributed by atoms with Crippen LogP contribution in [0.5, 0.6) is 0 Å². The van der Waals surface area contributed by atoms with Gasteiger partial charge in [0.1, 0.15) is 0 Å². The second-order valence-electron chi connectivity index (χ2n) is 3.32.